The molecule has 1 N–H and O–H groups in total. The summed E-state index contributed by atoms with van der Waals surface area (Å²) in [7, 11) is 2.23. The van der Waals surface area contributed by atoms with E-state index in [-0.39, 0.29) is 0 Å². The molecule has 0 rings (SSSR count). The molecular formula is C16H36N2. The van der Waals surface area contributed by atoms with Crippen molar-refractivity contribution in [2.24, 2.45) is 0 Å². The molecule has 0 amide bonds. The van der Waals surface area contributed by atoms with Crippen molar-refractivity contribution in [1.82, 2.24) is 10.2 Å². The molecule has 0 aromatic rings. The Hall–Kier alpha value is -0.0800. The number of hydrogen-bond acceptors (Lipinski definition) is 2. The molecule has 0 saturated heterocycles. The minimum absolute atomic E-state index is 0.678. The maximum absolute atomic E-state index is 3.64. The topological polar surface area (TPSA) is 15.3 Å². The van der Waals surface area contributed by atoms with Gasteiger partial charge in [-0.25, -0.2) is 0 Å². The van der Waals surface area contributed by atoms with Crippen LogP contribution in [0.3, 0.4) is 0 Å². The van der Waals surface area contributed by atoms with Gasteiger partial charge in [-0.2, -0.15) is 0 Å². The van der Waals surface area contributed by atoms with Crippen LogP contribution in [0.2, 0.25) is 0 Å². The first-order valence-electron chi connectivity index (χ1n) is 8.05. The van der Waals surface area contributed by atoms with Crippen LogP contribution in [0.25, 0.3) is 0 Å². The van der Waals surface area contributed by atoms with Gasteiger partial charge in [0.2, 0.25) is 0 Å². The van der Waals surface area contributed by atoms with E-state index in [4.69, 9.17) is 0 Å². The van der Waals surface area contributed by atoms with Gasteiger partial charge < -0.3 is 10.2 Å². The molecule has 2 atom stereocenters. The third-order valence-corrected chi connectivity index (χ3v) is 4.04. The molecule has 2 heteroatoms. The normalized spacial score (nSPS) is 15.0. The number of rotatable bonds is 12. The van der Waals surface area contributed by atoms with Gasteiger partial charge in [0.05, 0.1) is 0 Å². The Morgan fingerprint density at radius 1 is 1.00 bits per heavy atom. The highest BCUT2D eigenvalue weighted by molar-refractivity contribution is 4.65. The second-order valence-corrected chi connectivity index (χ2v) is 5.80. The van der Waals surface area contributed by atoms with Crippen LogP contribution in [-0.4, -0.2) is 37.1 Å². The zero-order valence-electron chi connectivity index (χ0n) is 13.5. The molecule has 0 bridgehead atoms. The Kier molecular flexibility index (Phi) is 11.9. The zero-order chi connectivity index (χ0) is 13.8. The fourth-order valence-corrected chi connectivity index (χ4v) is 2.18. The molecule has 0 saturated carbocycles. The van der Waals surface area contributed by atoms with Crippen molar-refractivity contribution in [2.75, 3.05) is 20.1 Å². The first-order valence-corrected chi connectivity index (χ1v) is 8.05. The third-order valence-electron chi connectivity index (χ3n) is 4.04. The van der Waals surface area contributed by atoms with Gasteiger partial charge in [-0.05, 0) is 33.7 Å². The molecule has 0 radical (unpaired) electrons. The van der Waals surface area contributed by atoms with Crippen molar-refractivity contribution >= 4 is 0 Å². The van der Waals surface area contributed by atoms with Crippen molar-refractivity contribution in [3.05, 3.63) is 0 Å². The van der Waals surface area contributed by atoms with Crippen LogP contribution in [0.15, 0.2) is 0 Å². The van der Waals surface area contributed by atoms with E-state index in [0.29, 0.717) is 12.1 Å². The van der Waals surface area contributed by atoms with Crippen LogP contribution < -0.4 is 5.32 Å². The molecule has 110 valence electrons. The van der Waals surface area contributed by atoms with E-state index >= 15 is 0 Å². The SMILES string of the molecule is CCCCCCCC(C)NCCN(C)C(C)CC. The largest absolute Gasteiger partial charge is 0.313 e. The second-order valence-electron chi connectivity index (χ2n) is 5.80. The highest BCUT2D eigenvalue weighted by Gasteiger charge is 2.06. The van der Waals surface area contributed by atoms with Crippen molar-refractivity contribution in [1.29, 1.82) is 0 Å². The summed E-state index contributed by atoms with van der Waals surface area (Å²) in [5.41, 5.74) is 0. The van der Waals surface area contributed by atoms with E-state index in [9.17, 15) is 0 Å². The summed E-state index contributed by atoms with van der Waals surface area (Å²) in [5, 5.41) is 3.64. The average Bonchev–Trinajstić information content (AvgIpc) is 2.37. The van der Waals surface area contributed by atoms with E-state index in [0.717, 1.165) is 13.1 Å². The van der Waals surface area contributed by atoms with Crippen LogP contribution in [0.4, 0.5) is 0 Å². The molecule has 0 fully saturated rings. The van der Waals surface area contributed by atoms with Crippen molar-refractivity contribution < 1.29 is 0 Å². The maximum Gasteiger partial charge on any atom is 0.0107 e. The molecule has 0 aromatic carbocycles. The van der Waals surface area contributed by atoms with Crippen LogP contribution in [0.5, 0.6) is 0 Å². The lowest BCUT2D eigenvalue weighted by atomic mass is 10.1. The fraction of sp³-hybridized carbons (Fsp3) is 1.00. The number of nitrogens with one attached hydrogen (secondary N) is 1. The standard InChI is InChI=1S/C16H36N2/c1-6-8-9-10-11-12-15(3)17-13-14-18(5)16(4)7-2/h15-17H,6-14H2,1-5H3. The highest BCUT2D eigenvalue weighted by Crippen LogP contribution is 2.07. The van der Waals surface area contributed by atoms with Gasteiger partial charge in [0.15, 0.2) is 0 Å². The van der Waals surface area contributed by atoms with Gasteiger partial charge in [-0.1, -0.05) is 46.0 Å². The van der Waals surface area contributed by atoms with Gasteiger partial charge >= 0.3 is 0 Å². The summed E-state index contributed by atoms with van der Waals surface area (Å²) in [6, 6.07) is 1.38. The Bertz CT molecular complexity index is 170. The number of unbranched alkanes of at least 4 members (excludes halogenated alkanes) is 4. The number of hydrogen-bond donors (Lipinski definition) is 1. The summed E-state index contributed by atoms with van der Waals surface area (Å²) in [6.45, 7) is 11.4. The lowest BCUT2D eigenvalue weighted by Gasteiger charge is -2.24. The first kappa shape index (κ1) is 17.9. The molecule has 0 aliphatic heterocycles. The maximum atomic E-state index is 3.64. The van der Waals surface area contributed by atoms with Crippen molar-refractivity contribution in [3.8, 4) is 0 Å². The van der Waals surface area contributed by atoms with Crippen molar-refractivity contribution in [3.63, 3.8) is 0 Å². The Morgan fingerprint density at radius 3 is 2.28 bits per heavy atom. The molecule has 2 nitrogen and oxygen atoms in total. The molecule has 0 aromatic heterocycles. The monoisotopic (exact) mass is 256 g/mol. The summed E-state index contributed by atoms with van der Waals surface area (Å²) in [4.78, 5) is 2.45. The minimum atomic E-state index is 0.678. The molecule has 2 unspecified atom stereocenters. The average molecular weight is 256 g/mol. The third kappa shape index (κ3) is 9.90. The zero-order valence-corrected chi connectivity index (χ0v) is 13.5. The van der Waals surface area contributed by atoms with Crippen LogP contribution in [0.1, 0.15) is 72.6 Å². The summed E-state index contributed by atoms with van der Waals surface area (Å²) < 4.78 is 0. The van der Waals surface area contributed by atoms with Crippen LogP contribution in [-0.2, 0) is 0 Å². The quantitative estimate of drug-likeness (QED) is 0.530. The fourth-order valence-electron chi connectivity index (χ4n) is 2.18. The predicted octanol–water partition coefficient (Wildman–Crippen LogP) is 4.06. The molecule has 0 aliphatic rings. The Balaban J connectivity index is 3.39. The van der Waals surface area contributed by atoms with E-state index < -0.39 is 0 Å². The van der Waals surface area contributed by atoms with Crippen LogP contribution in [0, 0.1) is 0 Å². The van der Waals surface area contributed by atoms with E-state index in [1.54, 1.807) is 0 Å². The number of nitrogens with zero attached hydrogens (tertiary/aromatic N) is 1. The minimum Gasteiger partial charge on any atom is -0.313 e. The van der Waals surface area contributed by atoms with E-state index in [1.807, 2.05) is 0 Å². The van der Waals surface area contributed by atoms with Crippen LogP contribution >= 0.6 is 0 Å². The van der Waals surface area contributed by atoms with Gasteiger partial charge in [0, 0.05) is 25.2 Å². The van der Waals surface area contributed by atoms with E-state index in [1.165, 1.54) is 44.9 Å². The van der Waals surface area contributed by atoms with Gasteiger partial charge in [-0.3, -0.25) is 0 Å². The molecule has 0 aliphatic carbocycles. The first-order chi connectivity index (χ1) is 8.61. The van der Waals surface area contributed by atoms with E-state index in [2.05, 4.69) is 45.0 Å². The molecule has 0 spiro atoms. The highest BCUT2D eigenvalue weighted by atomic mass is 15.1. The summed E-state index contributed by atoms with van der Waals surface area (Å²) in [5.74, 6) is 0. The van der Waals surface area contributed by atoms with Gasteiger partial charge in [0.1, 0.15) is 0 Å². The lowest BCUT2D eigenvalue weighted by molar-refractivity contribution is 0.248. The van der Waals surface area contributed by atoms with Gasteiger partial charge in [0.25, 0.3) is 0 Å². The predicted molar refractivity (Wildman–Crippen MR) is 83.2 cm³/mol. The molecule has 0 heterocycles. The molecule has 18 heavy (non-hydrogen) atoms. The van der Waals surface area contributed by atoms with Gasteiger partial charge in [-0.15, -0.1) is 0 Å². The Labute approximate surface area is 116 Å². The second kappa shape index (κ2) is 12.0. The summed E-state index contributed by atoms with van der Waals surface area (Å²) >= 11 is 0. The molecular weight excluding hydrogens is 220 g/mol. The summed E-state index contributed by atoms with van der Waals surface area (Å²) in [6.07, 6.45) is 9.53. The number of likely N-dealkylation sites (N-methyl/N-ethyl adjacent to an activating group) is 1. The Morgan fingerprint density at radius 2 is 1.67 bits per heavy atom. The lowest BCUT2D eigenvalue weighted by Crippen LogP contribution is -2.37. The smallest absolute Gasteiger partial charge is 0.0107 e. The van der Waals surface area contributed by atoms with Crippen molar-refractivity contribution in [2.45, 2.75) is 84.7 Å².